The Labute approximate surface area is 173 Å². The number of carbonyl (C=O) groups excluding carboxylic acids is 1. The summed E-state index contributed by atoms with van der Waals surface area (Å²) < 4.78 is 6.16. The van der Waals surface area contributed by atoms with Gasteiger partial charge in [-0.3, -0.25) is 0 Å². The molecule has 28 heavy (non-hydrogen) atoms. The van der Waals surface area contributed by atoms with Crippen molar-refractivity contribution in [3.05, 3.63) is 52.5 Å². The lowest BCUT2D eigenvalue weighted by molar-refractivity contribution is 0.168. The van der Waals surface area contributed by atoms with Crippen molar-refractivity contribution >= 4 is 33.3 Å². The summed E-state index contributed by atoms with van der Waals surface area (Å²) in [7, 11) is 3.63. The maximum Gasteiger partial charge on any atom is 0.322 e. The van der Waals surface area contributed by atoms with Crippen LogP contribution in [0.3, 0.4) is 0 Å². The Kier molecular flexibility index (Phi) is 5.21. The number of aliphatic hydroxyl groups is 1. The highest BCUT2D eigenvalue weighted by Crippen LogP contribution is 2.49. The monoisotopic (exact) mass is 445 g/mol. The van der Waals surface area contributed by atoms with Gasteiger partial charge in [0.1, 0.15) is 5.75 Å². The third-order valence-electron chi connectivity index (χ3n) is 5.91. The van der Waals surface area contributed by atoms with Crippen LogP contribution in [0.25, 0.3) is 0 Å². The van der Waals surface area contributed by atoms with Crippen LogP contribution in [0.4, 0.5) is 16.2 Å². The third-order valence-corrected chi connectivity index (χ3v) is 6.41. The van der Waals surface area contributed by atoms with Gasteiger partial charge in [0.05, 0.1) is 25.8 Å². The van der Waals surface area contributed by atoms with Crippen molar-refractivity contribution in [2.24, 2.45) is 5.92 Å². The van der Waals surface area contributed by atoms with E-state index in [1.807, 2.05) is 42.3 Å². The van der Waals surface area contributed by atoms with Crippen LogP contribution in [0.1, 0.15) is 18.0 Å². The molecule has 2 aromatic carbocycles. The average molecular weight is 446 g/mol. The molecule has 1 saturated heterocycles. The van der Waals surface area contributed by atoms with Gasteiger partial charge in [0.2, 0.25) is 0 Å². The molecule has 148 valence electrons. The van der Waals surface area contributed by atoms with Crippen molar-refractivity contribution < 1.29 is 14.6 Å². The molecule has 0 spiro atoms. The number of rotatable bonds is 3. The average Bonchev–Trinajstić information content (AvgIpc) is 3.14. The van der Waals surface area contributed by atoms with E-state index in [-0.39, 0.29) is 30.6 Å². The minimum atomic E-state index is -0.121. The Hall–Kier alpha value is -2.25. The molecule has 0 unspecified atom stereocenters. The topological polar surface area (TPSA) is 65.0 Å². The van der Waals surface area contributed by atoms with Crippen LogP contribution in [-0.4, -0.2) is 49.4 Å². The maximum atomic E-state index is 13.1. The van der Waals surface area contributed by atoms with Gasteiger partial charge in [-0.25, -0.2) is 4.79 Å². The first-order valence-electron chi connectivity index (χ1n) is 9.38. The number of amides is 2. The summed E-state index contributed by atoms with van der Waals surface area (Å²) in [5.41, 5.74) is 2.91. The highest BCUT2D eigenvalue weighted by molar-refractivity contribution is 9.10. The molecular formula is C21H24BrN3O3. The summed E-state index contributed by atoms with van der Waals surface area (Å²) in [6.45, 7) is 0.731. The summed E-state index contributed by atoms with van der Waals surface area (Å²) in [6.07, 6.45) is 0.863. The maximum absolute atomic E-state index is 13.1. The van der Waals surface area contributed by atoms with Crippen LogP contribution in [0, 0.1) is 5.92 Å². The molecule has 0 bridgehead atoms. The molecule has 0 aromatic heterocycles. The third kappa shape index (κ3) is 3.22. The molecule has 2 N–H and O–H groups in total. The first kappa shape index (κ1) is 19.1. The quantitative estimate of drug-likeness (QED) is 0.752. The minimum Gasteiger partial charge on any atom is -0.497 e. The Morgan fingerprint density at radius 1 is 1.29 bits per heavy atom. The van der Waals surface area contributed by atoms with E-state index in [0.717, 1.165) is 33.6 Å². The lowest BCUT2D eigenvalue weighted by Crippen LogP contribution is -2.48. The number of likely N-dealkylation sites (tertiary alicyclic amines) is 1. The zero-order valence-corrected chi connectivity index (χ0v) is 17.5. The highest BCUT2D eigenvalue weighted by Gasteiger charge is 2.47. The van der Waals surface area contributed by atoms with Crippen molar-refractivity contribution in [2.45, 2.75) is 18.5 Å². The van der Waals surface area contributed by atoms with Crippen LogP contribution in [0.15, 0.2) is 46.9 Å². The Morgan fingerprint density at radius 3 is 2.71 bits per heavy atom. The van der Waals surface area contributed by atoms with E-state index in [0.29, 0.717) is 6.54 Å². The Balaban J connectivity index is 1.64. The van der Waals surface area contributed by atoms with Crippen molar-refractivity contribution in [1.29, 1.82) is 0 Å². The molecule has 0 aliphatic carbocycles. The van der Waals surface area contributed by atoms with Crippen LogP contribution >= 0.6 is 15.9 Å². The largest absolute Gasteiger partial charge is 0.497 e. The number of anilines is 2. The smallest absolute Gasteiger partial charge is 0.322 e. The lowest BCUT2D eigenvalue weighted by Gasteiger charge is -2.44. The van der Waals surface area contributed by atoms with Crippen LogP contribution in [0.2, 0.25) is 0 Å². The van der Waals surface area contributed by atoms with Gasteiger partial charge in [-0.1, -0.05) is 15.9 Å². The van der Waals surface area contributed by atoms with Gasteiger partial charge in [-0.15, -0.1) is 0 Å². The van der Waals surface area contributed by atoms with E-state index >= 15 is 0 Å². The van der Waals surface area contributed by atoms with Crippen LogP contribution < -0.4 is 15.0 Å². The molecule has 7 heteroatoms. The second kappa shape index (κ2) is 7.64. The van der Waals surface area contributed by atoms with Gasteiger partial charge in [-0.05, 0) is 54.4 Å². The summed E-state index contributed by atoms with van der Waals surface area (Å²) in [5.74, 6) is 0.942. The Morgan fingerprint density at radius 2 is 2.04 bits per heavy atom. The van der Waals surface area contributed by atoms with E-state index in [9.17, 15) is 9.90 Å². The zero-order valence-electron chi connectivity index (χ0n) is 15.9. The predicted octanol–water partition coefficient (Wildman–Crippen LogP) is 3.86. The van der Waals surface area contributed by atoms with Gasteiger partial charge < -0.3 is 25.0 Å². The number of likely N-dealkylation sites (N-methyl/N-ethyl adjacent to an activating group) is 1. The van der Waals surface area contributed by atoms with Gasteiger partial charge in [0.25, 0.3) is 0 Å². The number of halogens is 1. The second-order valence-corrected chi connectivity index (χ2v) is 8.23. The molecule has 0 saturated carbocycles. The molecule has 0 radical (unpaired) electrons. The number of benzene rings is 2. The number of nitrogens with zero attached hydrogens (tertiary/aromatic N) is 2. The number of hydrogen-bond acceptors (Lipinski definition) is 4. The fourth-order valence-corrected chi connectivity index (χ4v) is 4.90. The predicted molar refractivity (Wildman–Crippen MR) is 113 cm³/mol. The Bertz CT molecular complexity index is 874. The van der Waals surface area contributed by atoms with Gasteiger partial charge >= 0.3 is 6.03 Å². The fourth-order valence-electron chi connectivity index (χ4n) is 4.52. The molecular weight excluding hydrogens is 422 g/mol. The van der Waals surface area contributed by atoms with E-state index in [1.54, 1.807) is 7.11 Å². The molecule has 6 nitrogen and oxygen atoms in total. The van der Waals surface area contributed by atoms with E-state index < -0.39 is 0 Å². The molecule has 2 heterocycles. The number of nitrogens with one attached hydrogen (secondary N) is 1. The molecule has 3 atom stereocenters. The van der Waals surface area contributed by atoms with Gasteiger partial charge in [-0.2, -0.15) is 0 Å². The molecule has 4 rings (SSSR count). The van der Waals surface area contributed by atoms with E-state index in [4.69, 9.17) is 4.74 Å². The van der Waals surface area contributed by atoms with E-state index in [1.165, 1.54) is 0 Å². The number of fused-ring (bicyclic) bond motifs is 3. The summed E-state index contributed by atoms with van der Waals surface area (Å²) >= 11 is 3.57. The van der Waals surface area contributed by atoms with Crippen molar-refractivity contribution in [1.82, 2.24) is 4.90 Å². The minimum absolute atomic E-state index is 0.00235. The van der Waals surface area contributed by atoms with Crippen molar-refractivity contribution in [3.8, 4) is 5.75 Å². The van der Waals surface area contributed by atoms with E-state index in [2.05, 4.69) is 38.3 Å². The van der Waals surface area contributed by atoms with Gasteiger partial charge in [0, 0.05) is 35.4 Å². The van der Waals surface area contributed by atoms with Crippen LogP contribution in [-0.2, 0) is 0 Å². The number of urea groups is 1. The van der Waals surface area contributed by atoms with Crippen molar-refractivity contribution in [2.75, 3.05) is 37.5 Å². The molecule has 2 aliphatic heterocycles. The second-order valence-electron chi connectivity index (χ2n) is 7.31. The van der Waals surface area contributed by atoms with Crippen LogP contribution in [0.5, 0.6) is 5.75 Å². The number of aliphatic hydroxyl groups excluding tert-OH is 1. The van der Waals surface area contributed by atoms with Gasteiger partial charge in [0.15, 0.2) is 0 Å². The summed E-state index contributed by atoms with van der Waals surface area (Å²) in [5, 5.41) is 13.0. The summed E-state index contributed by atoms with van der Waals surface area (Å²) in [6, 6.07) is 13.3. The lowest BCUT2D eigenvalue weighted by atomic mass is 9.82. The molecule has 2 amide bonds. The number of ether oxygens (including phenoxy) is 1. The molecule has 2 aromatic rings. The first-order valence-corrected chi connectivity index (χ1v) is 10.2. The zero-order chi connectivity index (χ0) is 19.8. The normalized spacial score (nSPS) is 23.2. The summed E-state index contributed by atoms with van der Waals surface area (Å²) in [4.78, 5) is 17.1. The fraction of sp³-hybridized carbons (Fsp3) is 0.381. The SMILES string of the molecule is COc1ccc(NC(=O)N2CC[C@H]3[C@@H]2c2cc(Br)ccc2N(C)[C@H]3CO)cc1. The number of hydrogen-bond donors (Lipinski definition) is 2. The molecule has 1 fully saturated rings. The number of carbonyl (C=O) groups is 1. The molecule has 2 aliphatic rings. The highest BCUT2D eigenvalue weighted by atomic mass is 79.9. The standard InChI is InChI=1S/C21H24BrN3O3/c1-24-18-8-3-13(22)11-17(18)20-16(19(24)12-26)9-10-25(20)21(27)23-14-4-6-15(28-2)7-5-14/h3-8,11,16,19-20,26H,9-10,12H2,1-2H3,(H,23,27)/t16-,19+,20-/m1/s1. The van der Waals surface area contributed by atoms with Crippen molar-refractivity contribution in [3.63, 3.8) is 0 Å². The first-order chi connectivity index (χ1) is 13.5. The number of methoxy groups -OCH3 is 1.